The average Bonchev–Trinajstić information content (AvgIpc) is 2.55. The summed E-state index contributed by atoms with van der Waals surface area (Å²) in [4.78, 5) is 10.3. The standard InChI is InChI=1S/C7H8F3N3O3S/c8-7(9,10)3-13-4(1-14)11-12-6(13)17-2-5(15)16/h14H,1-3H2,(H,15,16). The van der Waals surface area contributed by atoms with Crippen LogP contribution in [0.2, 0.25) is 0 Å². The van der Waals surface area contributed by atoms with Gasteiger partial charge in [0.05, 0.1) is 5.75 Å². The summed E-state index contributed by atoms with van der Waals surface area (Å²) < 4.78 is 37.3. The van der Waals surface area contributed by atoms with Crippen LogP contribution in [0.15, 0.2) is 5.16 Å². The van der Waals surface area contributed by atoms with E-state index in [1.807, 2.05) is 0 Å². The Bertz CT molecular complexity index is 407. The van der Waals surface area contributed by atoms with Gasteiger partial charge in [-0.15, -0.1) is 10.2 Å². The van der Waals surface area contributed by atoms with Crippen molar-refractivity contribution in [1.82, 2.24) is 14.8 Å². The molecular formula is C7H8F3N3O3S. The lowest BCUT2D eigenvalue weighted by molar-refractivity contribution is -0.142. The number of rotatable bonds is 5. The van der Waals surface area contributed by atoms with Crippen molar-refractivity contribution in [3.05, 3.63) is 5.82 Å². The van der Waals surface area contributed by atoms with Gasteiger partial charge in [0.15, 0.2) is 11.0 Å². The van der Waals surface area contributed by atoms with Gasteiger partial charge in [-0.1, -0.05) is 11.8 Å². The lowest BCUT2D eigenvalue weighted by atomic mass is 10.5. The van der Waals surface area contributed by atoms with E-state index < -0.39 is 31.1 Å². The van der Waals surface area contributed by atoms with Crippen LogP contribution < -0.4 is 0 Å². The van der Waals surface area contributed by atoms with Gasteiger partial charge in [-0.2, -0.15) is 13.2 Å². The molecule has 0 unspecified atom stereocenters. The van der Waals surface area contributed by atoms with Gasteiger partial charge < -0.3 is 10.2 Å². The van der Waals surface area contributed by atoms with Gasteiger partial charge in [0.1, 0.15) is 13.2 Å². The van der Waals surface area contributed by atoms with Crippen LogP contribution in [-0.4, -0.2) is 42.9 Å². The Kier molecular flexibility index (Phi) is 4.34. The molecule has 0 amide bonds. The molecule has 96 valence electrons. The fraction of sp³-hybridized carbons (Fsp3) is 0.571. The SMILES string of the molecule is O=C(O)CSc1nnc(CO)n1CC(F)(F)F. The molecule has 0 saturated heterocycles. The van der Waals surface area contributed by atoms with Crippen molar-refractivity contribution in [2.75, 3.05) is 5.75 Å². The number of aliphatic carboxylic acids is 1. The summed E-state index contributed by atoms with van der Waals surface area (Å²) >= 11 is 0.611. The van der Waals surface area contributed by atoms with Gasteiger partial charge in [0.25, 0.3) is 0 Å². The molecule has 6 nitrogen and oxygen atoms in total. The van der Waals surface area contributed by atoms with Crippen LogP contribution in [-0.2, 0) is 17.9 Å². The lowest BCUT2D eigenvalue weighted by Gasteiger charge is -2.10. The highest BCUT2D eigenvalue weighted by atomic mass is 32.2. The molecule has 1 rings (SSSR count). The van der Waals surface area contributed by atoms with Gasteiger partial charge in [-0.3, -0.25) is 9.36 Å². The van der Waals surface area contributed by atoms with E-state index in [4.69, 9.17) is 10.2 Å². The summed E-state index contributed by atoms with van der Waals surface area (Å²) in [6.45, 7) is -2.06. The first kappa shape index (κ1) is 13.8. The molecule has 0 bridgehead atoms. The number of carboxylic acid groups (broad SMARTS) is 1. The minimum absolute atomic E-state index is 0.186. The van der Waals surface area contributed by atoms with Gasteiger partial charge in [0, 0.05) is 0 Å². The summed E-state index contributed by atoms with van der Waals surface area (Å²) in [5.41, 5.74) is 0. The maximum Gasteiger partial charge on any atom is 0.406 e. The highest BCUT2D eigenvalue weighted by molar-refractivity contribution is 7.99. The second kappa shape index (κ2) is 5.36. The molecule has 0 aliphatic carbocycles. The maximum atomic E-state index is 12.2. The zero-order chi connectivity index (χ0) is 13.1. The van der Waals surface area contributed by atoms with E-state index in [9.17, 15) is 18.0 Å². The maximum absolute atomic E-state index is 12.2. The number of hydrogen-bond donors (Lipinski definition) is 2. The minimum Gasteiger partial charge on any atom is -0.481 e. The molecule has 0 aliphatic rings. The van der Waals surface area contributed by atoms with Crippen LogP contribution in [0.25, 0.3) is 0 Å². The number of thioether (sulfide) groups is 1. The Hall–Kier alpha value is -1.29. The first-order chi connectivity index (χ1) is 7.83. The van der Waals surface area contributed by atoms with E-state index in [0.717, 1.165) is 0 Å². The smallest absolute Gasteiger partial charge is 0.406 e. The number of aromatic nitrogens is 3. The Balaban J connectivity index is 2.89. The number of carboxylic acids is 1. The third-order valence-corrected chi connectivity index (χ3v) is 2.55. The molecule has 17 heavy (non-hydrogen) atoms. The number of aliphatic hydroxyl groups excluding tert-OH is 1. The van der Waals surface area contributed by atoms with Crippen molar-refractivity contribution in [2.24, 2.45) is 0 Å². The van der Waals surface area contributed by atoms with Gasteiger partial charge in [-0.05, 0) is 0 Å². The predicted octanol–water partition coefficient (Wildman–Crippen LogP) is 0.509. The lowest BCUT2D eigenvalue weighted by Crippen LogP contribution is -2.20. The van der Waals surface area contributed by atoms with Crippen molar-refractivity contribution in [3.8, 4) is 0 Å². The number of carbonyl (C=O) groups is 1. The molecule has 0 spiro atoms. The van der Waals surface area contributed by atoms with Crippen LogP contribution in [0, 0.1) is 0 Å². The first-order valence-corrected chi connectivity index (χ1v) is 5.26. The second-order valence-electron chi connectivity index (χ2n) is 2.94. The third-order valence-electron chi connectivity index (χ3n) is 1.60. The van der Waals surface area contributed by atoms with E-state index in [1.165, 1.54) is 0 Å². The molecule has 1 aromatic heterocycles. The van der Waals surface area contributed by atoms with Crippen molar-refractivity contribution in [1.29, 1.82) is 0 Å². The summed E-state index contributed by atoms with van der Waals surface area (Å²) in [6.07, 6.45) is -4.50. The highest BCUT2D eigenvalue weighted by Crippen LogP contribution is 2.23. The fourth-order valence-electron chi connectivity index (χ4n) is 1.01. The zero-order valence-electron chi connectivity index (χ0n) is 8.31. The summed E-state index contributed by atoms with van der Waals surface area (Å²) in [6, 6.07) is 0. The molecular weight excluding hydrogens is 263 g/mol. The van der Waals surface area contributed by atoms with Crippen LogP contribution >= 0.6 is 11.8 Å². The summed E-state index contributed by atoms with van der Waals surface area (Å²) in [5, 5.41) is 23.8. The average molecular weight is 271 g/mol. The van der Waals surface area contributed by atoms with Crippen molar-refractivity contribution < 1.29 is 28.2 Å². The highest BCUT2D eigenvalue weighted by Gasteiger charge is 2.31. The molecule has 1 aromatic rings. The van der Waals surface area contributed by atoms with E-state index in [0.29, 0.717) is 16.3 Å². The molecule has 1 heterocycles. The quantitative estimate of drug-likeness (QED) is 0.759. The topological polar surface area (TPSA) is 88.2 Å². The number of nitrogens with zero attached hydrogens (tertiary/aromatic N) is 3. The van der Waals surface area contributed by atoms with Crippen LogP contribution in [0.3, 0.4) is 0 Å². The van der Waals surface area contributed by atoms with Gasteiger partial charge in [-0.25, -0.2) is 0 Å². The summed E-state index contributed by atoms with van der Waals surface area (Å²) in [7, 11) is 0. The van der Waals surface area contributed by atoms with Crippen molar-refractivity contribution in [2.45, 2.75) is 24.5 Å². The third kappa shape index (κ3) is 4.23. The zero-order valence-corrected chi connectivity index (χ0v) is 9.12. The number of aliphatic hydroxyl groups is 1. The van der Waals surface area contributed by atoms with E-state index >= 15 is 0 Å². The van der Waals surface area contributed by atoms with E-state index in [-0.39, 0.29) is 11.0 Å². The Morgan fingerprint density at radius 3 is 2.53 bits per heavy atom. The number of hydrogen-bond acceptors (Lipinski definition) is 5. The van der Waals surface area contributed by atoms with Crippen LogP contribution in [0.5, 0.6) is 0 Å². The second-order valence-corrected chi connectivity index (χ2v) is 3.88. The molecule has 0 saturated carbocycles. The molecule has 0 fully saturated rings. The number of halogens is 3. The molecule has 0 radical (unpaired) electrons. The van der Waals surface area contributed by atoms with E-state index in [2.05, 4.69) is 10.2 Å². The predicted molar refractivity (Wildman–Crippen MR) is 50.4 cm³/mol. The molecule has 0 aliphatic heterocycles. The minimum atomic E-state index is -4.50. The Morgan fingerprint density at radius 2 is 2.06 bits per heavy atom. The fourth-order valence-corrected chi connectivity index (χ4v) is 1.68. The monoisotopic (exact) mass is 271 g/mol. The summed E-state index contributed by atoms with van der Waals surface area (Å²) in [5.74, 6) is -1.86. The first-order valence-electron chi connectivity index (χ1n) is 4.28. The molecule has 0 atom stereocenters. The Morgan fingerprint density at radius 1 is 1.41 bits per heavy atom. The molecule has 2 N–H and O–H groups in total. The van der Waals surface area contributed by atoms with Crippen molar-refractivity contribution in [3.63, 3.8) is 0 Å². The van der Waals surface area contributed by atoms with Gasteiger partial charge >= 0.3 is 12.1 Å². The van der Waals surface area contributed by atoms with Crippen LogP contribution in [0.1, 0.15) is 5.82 Å². The van der Waals surface area contributed by atoms with Crippen molar-refractivity contribution >= 4 is 17.7 Å². The molecule has 10 heteroatoms. The molecule has 0 aromatic carbocycles. The largest absolute Gasteiger partial charge is 0.481 e. The van der Waals surface area contributed by atoms with Gasteiger partial charge in [0.2, 0.25) is 0 Å². The Labute approximate surface area is 97.5 Å². The number of alkyl halides is 3. The van der Waals surface area contributed by atoms with Crippen LogP contribution in [0.4, 0.5) is 13.2 Å². The van der Waals surface area contributed by atoms with E-state index in [1.54, 1.807) is 0 Å². The normalized spacial score (nSPS) is 11.8.